The van der Waals surface area contributed by atoms with Crippen LogP contribution in [0.2, 0.25) is 0 Å². The van der Waals surface area contributed by atoms with Gasteiger partial charge in [-0.3, -0.25) is 0 Å². The quantitative estimate of drug-likeness (QED) is 0.214. The van der Waals surface area contributed by atoms with Crippen molar-refractivity contribution in [1.82, 2.24) is 0 Å². The molecule has 0 spiro atoms. The molecule has 0 aliphatic heterocycles. The minimum atomic E-state index is -6.00. The molecule has 13 heteroatoms. The van der Waals surface area contributed by atoms with E-state index in [-0.39, 0.29) is 32.9 Å². The highest BCUT2D eigenvalue weighted by Crippen LogP contribution is 2.37. The molecule has 0 N–H and O–H groups in total. The van der Waals surface area contributed by atoms with Gasteiger partial charge in [-0.1, -0.05) is 36.4 Å². The van der Waals surface area contributed by atoms with Gasteiger partial charge in [-0.25, -0.2) is 4.39 Å². The van der Waals surface area contributed by atoms with E-state index in [0.717, 1.165) is 24.0 Å². The Kier molecular flexibility index (Phi) is 11.3. The number of rotatable bonds is 2. The Morgan fingerprint density at radius 3 is 1.44 bits per heavy atom. The van der Waals surface area contributed by atoms with Gasteiger partial charge in [-0.05, 0) is 45.4 Å². The molecule has 0 fully saturated rings. The van der Waals surface area contributed by atoms with Crippen LogP contribution < -0.4 is 0 Å². The van der Waals surface area contributed by atoms with Crippen molar-refractivity contribution in [1.29, 1.82) is 0 Å². The first-order chi connectivity index (χ1) is 15.4. The van der Waals surface area contributed by atoms with Crippen LogP contribution in [0, 0.1) is 12.7 Å². The van der Waals surface area contributed by atoms with Crippen LogP contribution in [0.4, 0.5) is 38.9 Å². The second kappa shape index (κ2) is 12.6. The minimum Gasteiger partial charge on any atom is -0.418 e. The SMILES string of the molecule is Cc1c2cccc1C([S+](C)C)Cc1cccc(c1F)C([S+](C)C)C2.F[B-](F)(F)F.F[B-](F)(F)F. The number of fused-ring (bicyclic) bond motifs is 4. The Balaban J connectivity index is 0.000000489. The van der Waals surface area contributed by atoms with Gasteiger partial charge < -0.3 is 34.5 Å². The van der Waals surface area contributed by atoms with E-state index in [1.54, 1.807) is 0 Å². The van der Waals surface area contributed by atoms with Gasteiger partial charge in [-0.15, -0.1) is 0 Å². The second-order valence-electron chi connectivity index (χ2n) is 8.09. The first kappa shape index (κ1) is 30.7. The third kappa shape index (κ3) is 10.5. The smallest absolute Gasteiger partial charge is 0.418 e. The zero-order valence-electron chi connectivity index (χ0n) is 19.4. The molecule has 0 heterocycles. The summed E-state index contributed by atoms with van der Waals surface area (Å²) >= 11 is 0. The van der Waals surface area contributed by atoms with Crippen LogP contribution in [-0.2, 0) is 34.6 Å². The van der Waals surface area contributed by atoms with Crippen LogP contribution in [0.5, 0.6) is 0 Å². The number of hydrogen-bond acceptors (Lipinski definition) is 0. The molecule has 34 heavy (non-hydrogen) atoms. The van der Waals surface area contributed by atoms with Crippen molar-refractivity contribution < 1.29 is 38.9 Å². The summed E-state index contributed by atoms with van der Waals surface area (Å²) in [6.45, 7) is 2.26. The Labute approximate surface area is 200 Å². The van der Waals surface area contributed by atoms with Gasteiger partial charge in [0.1, 0.15) is 16.3 Å². The van der Waals surface area contributed by atoms with Crippen LogP contribution in [-0.4, -0.2) is 39.5 Å². The lowest BCUT2D eigenvalue weighted by Crippen LogP contribution is -2.21. The van der Waals surface area contributed by atoms with Crippen LogP contribution in [0.25, 0.3) is 0 Å². The Bertz CT molecular complexity index is 844. The minimum absolute atomic E-state index is 0.0435. The van der Waals surface area contributed by atoms with E-state index in [9.17, 15) is 34.5 Å². The zero-order chi connectivity index (χ0) is 26.4. The maximum Gasteiger partial charge on any atom is 0.673 e. The topological polar surface area (TPSA) is 0 Å². The second-order valence-corrected chi connectivity index (χ2v) is 12.7. The van der Waals surface area contributed by atoms with Gasteiger partial charge in [0.2, 0.25) is 0 Å². The molecular weight excluding hydrogens is 509 g/mol. The highest BCUT2D eigenvalue weighted by molar-refractivity contribution is 7.96. The van der Waals surface area contributed by atoms with E-state index < -0.39 is 14.5 Å². The normalized spacial score (nSPS) is 18.0. The molecule has 4 bridgehead atoms. The van der Waals surface area contributed by atoms with E-state index in [1.165, 1.54) is 16.7 Å². The number of benzene rings is 2. The maximum absolute atomic E-state index is 15.3. The average Bonchev–Trinajstić information content (AvgIpc) is 2.63. The third-order valence-electron chi connectivity index (χ3n) is 5.24. The summed E-state index contributed by atoms with van der Waals surface area (Å²) in [7, 11) is -11.7. The fraction of sp³-hybridized carbons (Fsp3) is 0.429. The summed E-state index contributed by atoms with van der Waals surface area (Å²) in [5.41, 5.74) is 6.03. The lowest BCUT2D eigenvalue weighted by Gasteiger charge is -2.24. The van der Waals surface area contributed by atoms with Crippen LogP contribution in [0.15, 0.2) is 36.4 Å². The molecule has 3 rings (SSSR count). The molecule has 1 aliphatic rings. The molecule has 0 aromatic heterocycles. The van der Waals surface area contributed by atoms with Crippen molar-refractivity contribution >= 4 is 36.3 Å². The first-order valence-corrected chi connectivity index (χ1v) is 14.3. The summed E-state index contributed by atoms with van der Waals surface area (Å²) in [5.74, 6) is 0.0435. The predicted molar refractivity (Wildman–Crippen MR) is 129 cm³/mol. The molecule has 0 saturated carbocycles. The molecule has 0 amide bonds. The molecule has 192 valence electrons. The van der Waals surface area contributed by atoms with Crippen LogP contribution in [0.3, 0.4) is 0 Å². The van der Waals surface area contributed by atoms with Crippen molar-refractivity contribution in [2.75, 3.05) is 25.0 Å². The van der Waals surface area contributed by atoms with Crippen molar-refractivity contribution in [3.05, 3.63) is 70.0 Å². The largest absolute Gasteiger partial charge is 0.673 e. The first-order valence-electron chi connectivity index (χ1n) is 10.1. The standard InChI is InChI=1S/C21H27FS2.2BF4/c1-14-15-8-6-10-17(14)19(23(2)3)13-16-9-7-11-18(21(16)22)20(12-15)24(4)5;2*2-1(3,4)5/h6-11,19-20H,12-13H2,1-5H3;;/q+2;2*-1. The molecule has 0 nitrogen and oxygen atoms in total. The Morgan fingerprint density at radius 2 is 1.00 bits per heavy atom. The molecule has 2 aromatic carbocycles. The van der Waals surface area contributed by atoms with Gasteiger partial charge in [-0.2, -0.15) is 0 Å². The highest BCUT2D eigenvalue weighted by Gasteiger charge is 2.34. The van der Waals surface area contributed by atoms with E-state index >= 15 is 4.39 Å². The van der Waals surface area contributed by atoms with Crippen LogP contribution in [0.1, 0.15) is 38.3 Å². The van der Waals surface area contributed by atoms with E-state index in [0.29, 0.717) is 5.25 Å². The van der Waals surface area contributed by atoms with E-state index in [1.807, 2.05) is 12.1 Å². The zero-order valence-corrected chi connectivity index (χ0v) is 21.0. The lowest BCUT2D eigenvalue weighted by atomic mass is 9.90. The predicted octanol–water partition coefficient (Wildman–Crippen LogP) is 7.37. The molecule has 0 radical (unpaired) electrons. The molecule has 2 aromatic rings. The van der Waals surface area contributed by atoms with Crippen molar-refractivity contribution in [3.63, 3.8) is 0 Å². The fourth-order valence-corrected chi connectivity index (χ4v) is 6.22. The summed E-state index contributed by atoms with van der Waals surface area (Å²) < 4.78 is 93.3. The molecule has 0 saturated heterocycles. The summed E-state index contributed by atoms with van der Waals surface area (Å²) in [6, 6.07) is 12.7. The van der Waals surface area contributed by atoms with E-state index in [2.05, 4.69) is 56.2 Å². The maximum atomic E-state index is 15.3. The highest BCUT2D eigenvalue weighted by atomic mass is 32.2. The Morgan fingerprint density at radius 1 is 0.647 bits per heavy atom. The average molecular weight is 536 g/mol. The van der Waals surface area contributed by atoms with Gasteiger partial charge in [0, 0.05) is 24.0 Å². The third-order valence-corrected chi connectivity index (χ3v) is 8.36. The molecule has 2 atom stereocenters. The van der Waals surface area contributed by atoms with Gasteiger partial charge in [0.05, 0.1) is 25.0 Å². The molecule has 1 aliphatic carbocycles. The molecular formula is C21H27B2F9S2. The summed E-state index contributed by atoms with van der Waals surface area (Å²) in [4.78, 5) is 0. The van der Waals surface area contributed by atoms with Gasteiger partial charge in [0.15, 0.2) is 0 Å². The van der Waals surface area contributed by atoms with Crippen molar-refractivity contribution in [2.45, 2.75) is 30.3 Å². The fourth-order valence-electron chi connectivity index (χ4n) is 3.74. The monoisotopic (exact) mass is 536 g/mol. The Hall–Kier alpha value is -1.36. The molecule has 2 unspecified atom stereocenters. The van der Waals surface area contributed by atoms with Crippen molar-refractivity contribution in [3.8, 4) is 0 Å². The van der Waals surface area contributed by atoms with Gasteiger partial charge in [0.25, 0.3) is 0 Å². The lowest BCUT2D eigenvalue weighted by molar-refractivity contribution is 0.366. The summed E-state index contributed by atoms with van der Waals surface area (Å²) in [6.07, 6.45) is 10.8. The van der Waals surface area contributed by atoms with Gasteiger partial charge >= 0.3 is 14.5 Å². The van der Waals surface area contributed by atoms with Crippen LogP contribution >= 0.6 is 0 Å². The van der Waals surface area contributed by atoms with E-state index in [4.69, 9.17) is 0 Å². The number of hydrogen-bond donors (Lipinski definition) is 0. The number of halogens is 9. The summed E-state index contributed by atoms with van der Waals surface area (Å²) in [5, 5.41) is 0.657. The van der Waals surface area contributed by atoms with Crippen molar-refractivity contribution in [2.24, 2.45) is 0 Å².